The van der Waals surface area contributed by atoms with Crippen molar-refractivity contribution in [3.05, 3.63) is 53.6 Å². The average molecular weight is 257 g/mol. The summed E-state index contributed by atoms with van der Waals surface area (Å²) in [5.41, 5.74) is 3.00. The number of aromatic nitrogens is 2. The molecule has 0 aliphatic carbocycles. The molecule has 1 aromatic carbocycles. The Kier molecular flexibility index (Phi) is 4.38. The molecule has 2 N–H and O–H groups in total. The Morgan fingerprint density at radius 3 is 2.47 bits per heavy atom. The number of benzene rings is 1. The van der Waals surface area contributed by atoms with E-state index in [-0.39, 0.29) is 5.41 Å². The zero-order valence-electron chi connectivity index (χ0n) is 12.0. The molecule has 1 aromatic heterocycles. The third-order valence-corrected chi connectivity index (χ3v) is 3.26. The van der Waals surface area contributed by atoms with Crippen molar-refractivity contribution in [1.82, 2.24) is 15.3 Å². The van der Waals surface area contributed by atoms with Crippen LogP contribution >= 0.6 is 0 Å². The molecular weight excluding hydrogens is 234 g/mol. The summed E-state index contributed by atoms with van der Waals surface area (Å²) in [6.07, 6.45) is 4.68. The number of nitrogens with zero attached hydrogens (tertiary/aromatic N) is 1. The molecule has 2 rings (SSSR count). The van der Waals surface area contributed by atoms with E-state index in [4.69, 9.17) is 0 Å². The van der Waals surface area contributed by atoms with Crippen molar-refractivity contribution < 1.29 is 0 Å². The first-order chi connectivity index (χ1) is 9.05. The summed E-state index contributed by atoms with van der Waals surface area (Å²) in [6.45, 7) is 8.50. The SMILES string of the molecule is CC(C)(C)c1ccc(CCNCc2ncc[nH]2)cc1. The lowest BCUT2D eigenvalue weighted by Gasteiger charge is -2.19. The van der Waals surface area contributed by atoms with E-state index in [0.29, 0.717) is 0 Å². The molecule has 0 atom stereocenters. The first-order valence-electron chi connectivity index (χ1n) is 6.84. The summed E-state index contributed by atoms with van der Waals surface area (Å²) < 4.78 is 0. The second-order valence-corrected chi connectivity index (χ2v) is 5.91. The smallest absolute Gasteiger partial charge is 0.120 e. The number of nitrogens with one attached hydrogen (secondary N) is 2. The van der Waals surface area contributed by atoms with Crippen molar-refractivity contribution in [2.45, 2.75) is 39.2 Å². The summed E-state index contributed by atoms with van der Waals surface area (Å²) >= 11 is 0. The highest BCUT2D eigenvalue weighted by molar-refractivity contribution is 5.27. The molecule has 0 radical (unpaired) electrons. The maximum atomic E-state index is 4.18. The van der Waals surface area contributed by atoms with Gasteiger partial charge >= 0.3 is 0 Å². The predicted molar refractivity (Wildman–Crippen MR) is 79.1 cm³/mol. The van der Waals surface area contributed by atoms with Crippen molar-refractivity contribution >= 4 is 0 Å². The van der Waals surface area contributed by atoms with Gasteiger partial charge in [0, 0.05) is 12.4 Å². The number of hydrogen-bond acceptors (Lipinski definition) is 2. The van der Waals surface area contributed by atoms with Crippen LogP contribution in [0.25, 0.3) is 0 Å². The Labute approximate surface area is 115 Å². The molecule has 19 heavy (non-hydrogen) atoms. The van der Waals surface area contributed by atoms with Gasteiger partial charge in [0.2, 0.25) is 0 Å². The molecule has 0 bridgehead atoms. The first-order valence-corrected chi connectivity index (χ1v) is 6.84. The molecule has 0 saturated carbocycles. The van der Waals surface area contributed by atoms with E-state index >= 15 is 0 Å². The molecule has 102 valence electrons. The van der Waals surface area contributed by atoms with Crippen LogP contribution in [0, 0.1) is 0 Å². The van der Waals surface area contributed by atoms with Gasteiger partial charge in [-0.15, -0.1) is 0 Å². The highest BCUT2D eigenvalue weighted by atomic mass is 15.0. The molecular formula is C16H23N3. The Morgan fingerprint density at radius 1 is 1.16 bits per heavy atom. The topological polar surface area (TPSA) is 40.7 Å². The molecule has 0 aliphatic rings. The number of aromatic amines is 1. The van der Waals surface area contributed by atoms with E-state index < -0.39 is 0 Å². The van der Waals surface area contributed by atoms with Crippen LogP contribution < -0.4 is 5.32 Å². The van der Waals surface area contributed by atoms with Gasteiger partial charge in [0.15, 0.2) is 0 Å². The summed E-state index contributed by atoms with van der Waals surface area (Å²) in [4.78, 5) is 7.27. The maximum Gasteiger partial charge on any atom is 0.120 e. The summed E-state index contributed by atoms with van der Waals surface area (Å²) in [6, 6.07) is 8.94. The van der Waals surface area contributed by atoms with E-state index in [1.165, 1.54) is 11.1 Å². The van der Waals surface area contributed by atoms with Crippen LogP contribution in [0.1, 0.15) is 37.7 Å². The molecule has 0 spiro atoms. The Bertz CT molecular complexity index is 478. The van der Waals surface area contributed by atoms with Crippen molar-refractivity contribution in [2.24, 2.45) is 0 Å². The van der Waals surface area contributed by atoms with Gasteiger partial charge in [-0.05, 0) is 29.5 Å². The van der Waals surface area contributed by atoms with Gasteiger partial charge in [-0.3, -0.25) is 0 Å². The molecule has 3 heteroatoms. The third-order valence-electron chi connectivity index (χ3n) is 3.26. The fourth-order valence-corrected chi connectivity index (χ4v) is 2.01. The number of hydrogen-bond donors (Lipinski definition) is 2. The zero-order valence-corrected chi connectivity index (χ0v) is 12.0. The number of H-pyrrole nitrogens is 1. The Morgan fingerprint density at radius 2 is 1.89 bits per heavy atom. The van der Waals surface area contributed by atoms with Gasteiger partial charge in [-0.25, -0.2) is 4.98 Å². The molecule has 0 fully saturated rings. The fourth-order valence-electron chi connectivity index (χ4n) is 2.01. The number of rotatable bonds is 5. The monoisotopic (exact) mass is 257 g/mol. The fraction of sp³-hybridized carbons (Fsp3) is 0.438. The number of imidazole rings is 1. The van der Waals surface area contributed by atoms with Gasteiger partial charge < -0.3 is 10.3 Å². The summed E-state index contributed by atoms with van der Waals surface area (Å²) in [5.74, 6) is 0.989. The lowest BCUT2D eigenvalue weighted by Crippen LogP contribution is -2.17. The maximum absolute atomic E-state index is 4.18. The van der Waals surface area contributed by atoms with Crippen molar-refractivity contribution in [1.29, 1.82) is 0 Å². The van der Waals surface area contributed by atoms with Crippen LogP contribution in [0.3, 0.4) is 0 Å². The van der Waals surface area contributed by atoms with Crippen molar-refractivity contribution in [3.63, 3.8) is 0 Å². The van der Waals surface area contributed by atoms with Gasteiger partial charge in [-0.1, -0.05) is 45.0 Å². The molecule has 0 aliphatic heterocycles. The van der Waals surface area contributed by atoms with Crippen LogP contribution in [0.2, 0.25) is 0 Å². The van der Waals surface area contributed by atoms with E-state index in [0.717, 1.165) is 25.3 Å². The average Bonchev–Trinajstić information content (AvgIpc) is 2.87. The van der Waals surface area contributed by atoms with Gasteiger partial charge in [0.25, 0.3) is 0 Å². The van der Waals surface area contributed by atoms with Crippen LogP contribution in [0.4, 0.5) is 0 Å². The first kappa shape index (κ1) is 13.8. The summed E-state index contributed by atoms with van der Waals surface area (Å²) in [5, 5.41) is 3.39. The standard InChI is InChI=1S/C16H23N3/c1-16(2,3)14-6-4-13(5-7-14)8-9-17-12-15-18-10-11-19-15/h4-7,10-11,17H,8-9,12H2,1-3H3,(H,18,19). The predicted octanol–water partition coefficient (Wildman–Crippen LogP) is 3.04. The van der Waals surface area contributed by atoms with Crippen LogP contribution in [0.5, 0.6) is 0 Å². The van der Waals surface area contributed by atoms with E-state index in [1.54, 1.807) is 6.20 Å². The van der Waals surface area contributed by atoms with Crippen LogP contribution in [-0.2, 0) is 18.4 Å². The van der Waals surface area contributed by atoms with Crippen molar-refractivity contribution in [3.8, 4) is 0 Å². The molecule has 0 amide bonds. The molecule has 3 nitrogen and oxygen atoms in total. The Balaban J connectivity index is 1.77. The molecule has 0 saturated heterocycles. The molecule has 1 heterocycles. The molecule has 2 aromatic rings. The van der Waals surface area contributed by atoms with Gasteiger partial charge in [-0.2, -0.15) is 0 Å². The Hall–Kier alpha value is -1.61. The highest BCUT2D eigenvalue weighted by Crippen LogP contribution is 2.22. The van der Waals surface area contributed by atoms with E-state index in [9.17, 15) is 0 Å². The minimum atomic E-state index is 0.232. The lowest BCUT2D eigenvalue weighted by molar-refractivity contribution is 0.589. The zero-order chi connectivity index (χ0) is 13.7. The lowest BCUT2D eigenvalue weighted by atomic mass is 9.86. The highest BCUT2D eigenvalue weighted by Gasteiger charge is 2.12. The second kappa shape index (κ2) is 6.02. The van der Waals surface area contributed by atoms with Gasteiger partial charge in [0.05, 0.1) is 6.54 Å². The van der Waals surface area contributed by atoms with Crippen LogP contribution in [-0.4, -0.2) is 16.5 Å². The minimum Gasteiger partial charge on any atom is -0.348 e. The van der Waals surface area contributed by atoms with Crippen molar-refractivity contribution in [2.75, 3.05) is 6.54 Å². The van der Waals surface area contributed by atoms with Gasteiger partial charge in [0.1, 0.15) is 5.82 Å². The third kappa shape index (κ3) is 4.21. The summed E-state index contributed by atoms with van der Waals surface area (Å²) in [7, 11) is 0. The normalized spacial score (nSPS) is 11.7. The molecule has 0 unspecified atom stereocenters. The second-order valence-electron chi connectivity index (χ2n) is 5.91. The minimum absolute atomic E-state index is 0.232. The largest absolute Gasteiger partial charge is 0.348 e. The van der Waals surface area contributed by atoms with Crippen LogP contribution in [0.15, 0.2) is 36.7 Å². The quantitative estimate of drug-likeness (QED) is 0.808. The van der Waals surface area contributed by atoms with E-state index in [2.05, 4.69) is 60.3 Å². The van der Waals surface area contributed by atoms with E-state index in [1.807, 2.05) is 6.20 Å².